The van der Waals surface area contributed by atoms with E-state index in [1.807, 2.05) is 0 Å². The quantitative estimate of drug-likeness (QED) is 0.614. The van der Waals surface area contributed by atoms with Gasteiger partial charge in [-0.3, -0.25) is 4.79 Å². The summed E-state index contributed by atoms with van der Waals surface area (Å²) in [4.78, 5) is 32.9. The minimum Gasteiger partial charge on any atom is -0.467 e. The Balaban J connectivity index is 2.33. The molecule has 3 rings (SSSR count). The lowest BCUT2D eigenvalue weighted by atomic mass is 10.2. The van der Waals surface area contributed by atoms with Gasteiger partial charge < -0.3 is 9.47 Å². The molecule has 0 fully saturated rings. The van der Waals surface area contributed by atoms with Gasteiger partial charge in [-0.2, -0.15) is 5.10 Å². The molecule has 128 valence electrons. The maximum Gasteiger partial charge on any atom is 0.362 e. The third-order valence-electron chi connectivity index (χ3n) is 3.37. The third kappa shape index (κ3) is 3.10. The van der Waals surface area contributed by atoms with Gasteiger partial charge in [0.2, 0.25) is 11.1 Å². The van der Waals surface area contributed by atoms with Crippen molar-refractivity contribution < 1.29 is 14.3 Å². The van der Waals surface area contributed by atoms with Gasteiger partial charge in [-0.1, -0.05) is 6.07 Å². The summed E-state index contributed by atoms with van der Waals surface area (Å²) in [6.45, 7) is 1.80. The average Bonchev–Trinajstić information content (AvgIpc) is 2.62. The van der Waals surface area contributed by atoms with Gasteiger partial charge in [0, 0.05) is 4.47 Å². The van der Waals surface area contributed by atoms with Crippen molar-refractivity contribution in [2.45, 2.75) is 6.92 Å². The molecule has 8 nitrogen and oxygen atoms in total. The maximum atomic E-state index is 12.7. The molecule has 2 aromatic heterocycles. The lowest BCUT2D eigenvalue weighted by Gasteiger charge is -2.12. The Bertz CT molecular complexity index is 1000. The molecular weight excluding hydrogens is 392 g/mol. The summed E-state index contributed by atoms with van der Waals surface area (Å²) in [5, 5.41) is 4.49. The Morgan fingerprint density at radius 3 is 2.64 bits per heavy atom. The molecule has 0 radical (unpaired) electrons. The number of carbonyl (C=O) groups excluding carboxylic acids is 1. The van der Waals surface area contributed by atoms with Crippen LogP contribution >= 0.6 is 15.9 Å². The van der Waals surface area contributed by atoms with Crippen molar-refractivity contribution in [3.8, 4) is 11.7 Å². The van der Waals surface area contributed by atoms with Gasteiger partial charge >= 0.3 is 12.0 Å². The lowest BCUT2D eigenvalue weighted by Crippen LogP contribution is -2.24. The molecule has 0 atom stereocenters. The van der Waals surface area contributed by atoms with Crippen LogP contribution in [0.15, 0.2) is 39.9 Å². The van der Waals surface area contributed by atoms with E-state index in [-0.39, 0.29) is 18.3 Å². The van der Waals surface area contributed by atoms with Crippen LogP contribution in [0.4, 0.5) is 0 Å². The van der Waals surface area contributed by atoms with E-state index in [1.165, 1.54) is 24.2 Å². The van der Waals surface area contributed by atoms with Crippen molar-refractivity contribution in [2.75, 3.05) is 13.7 Å². The van der Waals surface area contributed by atoms with Crippen molar-refractivity contribution in [3.05, 3.63) is 51.0 Å². The van der Waals surface area contributed by atoms with Crippen molar-refractivity contribution in [1.82, 2.24) is 19.7 Å². The summed E-state index contributed by atoms with van der Waals surface area (Å²) in [5.41, 5.74) is 0.152. The Morgan fingerprint density at radius 2 is 2.00 bits per heavy atom. The van der Waals surface area contributed by atoms with Crippen LogP contribution in [0.25, 0.3) is 16.6 Å². The highest BCUT2D eigenvalue weighted by Gasteiger charge is 2.20. The minimum atomic E-state index is -0.784. The number of benzene rings is 1. The minimum absolute atomic E-state index is 0.138. The summed E-state index contributed by atoms with van der Waals surface area (Å²) in [6, 6.07) is 5.39. The number of halogens is 1. The third-order valence-corrected chi connectivity index (χ3v) is 4.03. The van der Waals surface area contributed by atoms with Gasteiger partial charge in [0.15, 0.2) is 0 Å². The van der Waals surface area contributed by atoms with Gasteiger partial charge in [0.05, 0.1) is 37.0 Å². The first-order chi connectivity index (χ1) is 12.1. The van der Waals surface area contributed by atoms with Crippen LogP contribution < -0.4 is 10.2 Å². The molecule has 25 heavy (non-hydrogen) atoms. The molecule has 3 aromatic rings. The van der Waals surface area contributed by atoms with Crippen LogP contribution in [0.1, 0.15) is 17.4 Å². The van der Waals surface area contributed by atoms with Crippen molar-refractivity contribution in [2.24, 2.45) is 0 Å². The fraction of sp³-hybridized carbons (Fsp3) is 0.188. The Kier molecular flexibility index (Phi) is 4.75. The first-order valence-corrected chi connectivity index (χ1v) is 8.11. The summed E-state index contributed by atoms with van der Waals surface area (Å²) < 4.78 is 11.9. The van der Waals surface area contributed by atoms with Gasteiger partial charge in [0.1, 0.15) is 5.69 Å². The average molecular weight is 405 g/mol. The largest absolute Gasteiger partial charge is 0.467 e. The predicted octanol–water partition coefficient (Wildman–Crippen LogP) is 2.12. The fourth-order valence-electron chi connectivity index (χ4n) is 2.29. The first kappa shape index (κ1) is 17.0. The van der Waals surface area contributed by atoms with Crippen LogP contribution in [0.3, 0.4) is 0 Å². The van der Waals surface area contributed by atoms with E-state index in [0.717, 1.165) is 0 Å². The summed E-state index contributed by atoms with van der Waals surface area (Å²) in [6.07, 6.45) is 2.97. The van der Waals surface area contributed by atoms with E-state index >= 15 is 0 Å². The molecule has 0 saturated carbocycles. The number of hydrogen-bond acceptors (Lipinski definition) is 7. The fourth-order valence-corrected chi connectivity index (χ4v) is 2.82. The zero-order valence-electron chi connectivity index (χ0n) is 13.4. The molecule has 0 bridgehead atoms. The van der Waals surface area contributed by atoms with Gasteiger partial charge in [-0.05, 0) is 35.0 Å². The van der Waals surface area contributed by atoms with Crippen LogP contribution in [0.5, 0.6) is 6.01 Å². The molecule has 0 saturated heterocycles. The first-order valence-electron chi connectivity index (χ1n) is 7.32. The molecule has 9 heteroatoms. The molecular formula is C16H13BrN4O4. The monoisotopic (exact) mass is 404 g/mol. The number of methoxy groups -OCH3 is 1. The molecule has 0 unspecified atom stereocenters. The number of nitrogens with zero attached hydrogens (tertiary/aromatic N) is 4. The number of ether oxygens (including phenoxy) is 2. The summed E-state index contributed by atoms with van der Waals surface area (Å²) >= 11 is 3.36. The van der Waals surface area contributed by atoms with E-state index in [1.54, 1.807) is 25.1 Å². The highest BCUT2D eigenvalue weighted by Crippen LogP contribution is 2.23. The van der Waals surface area contributed by atoms with E-state index < -0.39 is 11.4 Å². The topological polar surface area (TPSA) is 96.2 Å². The summed E-state index contributed by atoms with van der Waals surface area (Å²) in [7, 11) is 1.46. The molecule has 0 N–H and O–H groups in total. The number of esters is 1. The Morgan fingerprint density at radius 1 is 1.28 bits per heavy atom. The highest BCUT2D eigenvalue weighted by atomic mass is 79.9. The SMILES string of the molecule is CCOC(=O)c1nn(-c2cnc(OC)nc2)c2cccc(Br)c2c1=O. The molecule has 0 aliphatic heterocycles. The van der Waals surface area contributed by atoms with E-state index in [0.29, 0.717) is 21.1 Å². The smallest absolute Gasteiger partial charge is 0.362 e. The number of fused-ring (bicyclic) bond motifs is 1. The lowest BCUT2D eigenvalue weighted by molar-refractivity contribution is 0.0516. The Labute approximate surface area is 150 Å². The molecule has 2 heterocycles. The maximum absolute atomic E-state index is 12.7. The molecule has 0 aliphatic carbocycles. The van der Waals surface area contributed by atoms with E-state index in [4.69, 9.17) is 9.47 Å². The highest BCUT2D eigenvalue weighted by molar-refractivity contribution is 9.10. The second-order valence-corrected chi connectivity index (χ2v) is 5.73. The van der Waals surface area contributed by atoms with Crippen molar-refractivity contribution in [1.29, 1.82) is 0 Å². The zero-order valence-corrected chi connectivity index (χ0v) is 15.0. The van der Waals surface area contributed by atoms with Crippen molar-refractivity contribution >= 4 is 32.8 Å². The van der Waals surface area contributed by atoms with Crippen LogP contribution in [-0.2, 0) is 4.74 Å². The molecule has 0 amide bonds. The van der Waals surface area contributed by atoms with E-state index in [9.17, 15) is 9.59 Å². The second kappa shape index (κ2) is 6.98. The van der Waals surface area contributed by atoms with Crippen LogP contribution in [-0.4, -0.2) is 39.4 Å². The summed E-state index contributed by atoms with van der Waals surface area (Å²) in [5.74, 6) is -0.784. The van der Waals surface area contributed by atoms with Crippen LogP contribution in [0.2, 0.25) is 0 Å². The standard InChI is InChI=1S/C16H13BrN4O4/c1-3-25-15(23)13-14(22)12-10(17)5-4-6-11(12)21(20-13)9-7-18-16(24-2)19-8-9/h4-8H,3H2,1-2H3. The number of hydrogen-bond donors (Lipinski definition) is 0. The number of aromatic nitrogens is 4. The van der Waals surface area contributed by atoms with Gasteiger partial charge in [0.25, 0.3) is 0 Å². The second-order valence-electron chi connectivity index (χ2n) is 4.87. The molecule has 1 aromatic carbocycles. The zero-order chi connectivity index (χ0) is 18.0. The normalized spacial score (nSPS) is 10.7. The van der Waals surface area contributed by atoms with Gasteiger partial charge in [-0.15, -0.1) is 0 Å². The van der Waals surface area contributed by atoms with Gasteiger partial charge in [-0.25, -0.2) is 19.4 Å². The molecule has 0 spiro atoms. The van der Waals surface area contributed by atoms with Crippen LogP contribution in [0, 0.1) is 0 Å². The Hall–Kier alpha value is -2.81. The number of rotatable bonds is 4. The number of carbonyl (C=O) groups is 1. The molecule has 0 aliphatic rings. The van der Waals surface area contributed by atoms with Crippen molar-refractivity contribution in [3.63, 3.8) is 0 Å². The predicted molar refractivity (Wildman–Crippen MR) is 93.1 cm³/mol. The van der Waals surface area contributed by atoms with E-state index in [2.05, 4.69) is 31.0 Å².